The van der Waals surface area contributed by atoms with Crippen molar-refractivity contribution < 1.29 is 18.6 Å². The molecule has 0 amide bonds. The maximum Gasteiger partial charge on any atom is 0.200 e. The van der Waals surface area contributed by atoms with Crippen molar-refractivity contribution in [1.82, 2.24) is 0 Å². The zero-order valence-corrected chi connectivity index (χ0v) is 16.8. The van der Waals surface area contributed by atoms with Crippen molar-refractivity contribution in [3.8, 4) is 5.75 Å². The van der Waals surface area contributed by atoms with Crippen molar-refractivity contribution in [3.05, 3.63) is 29.3 Å². The molecule has 0 aliphatic heterocycles. The average molecular weight is 381 g/mol. The van der Waals surface area contributed by atoms with Crippen LogP contribution >= 0.6 is 0 Å². The third-order valence-electron chi connectivity index (χ3n) is 6.94. The standard InChI is InChI=1S/C23H34F2O2/c1-3-5-16-6-8-17(9-7-16)18-10-12-23(26,13-11-18)19-14-20(24)22(25)21(15-19)27-4-2/h14-18,26H,3-13H2,1-2H3. The van der Waals surface area contributed by atoms with Gasteiger partial charge in [0.15, 0.2) is 11.6 Å². The van der Waals surface area contributed by atoms with E-state index in [4.69, 9.17) is 4.74 Å². The first-order chi connectivity index (χ1) is 13.0. The van der Waals surface area contributed by atoms with Gasteiger partial charge >= 0.3 is 0 Å². The van der Waals surface area contributed by atoms with Gasteiger partial charge in [0.05, 0.1) is 12.2 Å². The molecule has 0 saturated heterocycles. The Balaban J connectivity index is 1.63. The first-order valence-electron chi connectivity index (χ1n) is 10.8. The topological polar surface area (TPSA) is 29.5 Å². The minimum atomic E-state index is -1.07. The van der Waals surface area contributed by atoms with E-state index in [1.807, 2.05) is 0 Å². The van der Waals surface area contributed by atoms with Crippen molar-refractivity contribution in [1.29, 1.82) is 0 Å². The molecule has 0 atom stereocenters. The Morgan fingerprint density at radius 3 is 2.22 bits per heavy atom. The van der Waals surface area contributed by atoms with Gasteiger partial charge in [0.25, 0.3) is 0 Å². The van der Waals surface area contributed by atoms with Gasteiger partial charge in [0, 0.05) is 0 Å². The molecule has 0 unspecified atom stereocenters. The van der Waals surface area contributed by atoms with Gasteiger partial charge in [0.1, 0.15) is 0 Å². The zero-order chi connectivity index (χ0) is 19.4. The van der Waals surface area contributed by atoms with E-state index in [0.717, 1.165) is 30.7 Å². The van der Waals surface area contributed by atoms with Crippen LogP contribution in [0.3, 0.4) is 0 Å². The van der Waals surface area contributed by atoms with E-state index in [2.05, 4.69) is 6.92 Å². The SMILES string of the molecule is CCCC1CCC(C2CCC(O)(c3cc(F)c(F)c(OCC)c3)CC2)CC1. The van der Waals surface area contributed by atoms with E-state index in [0.29, 0.717) is 24.3 Å². The summed E-state index contributed by atoms with van der Waals surface area (Å²) >= 11 is 0. The summed E-state index contributed by atoms with van der Waals surface area (Å²) in [5, 5.41) is 11.1. The maximum atomic E-state index is 14.0. The van der Waals surface area contributed by atoms with Gasteiger partial charge < -0.3 is 9.84 Å². The van der Waals surface area contributed by atoms with Crippen molar-refractivity contribution in [3.63, 3.8) is 0 Å². The second-order valence-electron chi connectivity index (χ2n) is 8.64. The summed E-state index contributed by atoms with van der Waals surface area (Å²) in [6, 6.07) is 2.63. The second-order valence-corrected chi connectivity index (χ2v) is 8.64. The molecular weight excluding hydrogens is 346 g/mol. The van der Waals surface area contributed by atoms with Crippen LogP contribution in [0.1, 0.15) is 83.6 Å². The van der Waals surface area contributed by atoms with E-state index in [1.165, 1.54) is 44.6 Å². The Kier molecular flexibility index (Phi) is 6.78. The van der Waals surface area contributed by atoms with Crippen LogP contribution in [0, 0.1) is 29.4 Å². The molecule has 1 aromatic rings. The molecule has 0 spiro atoms. The lowest BCUT2D eigenvalue weighted by molar-refractivity contribution is -0.0265. The molecule has 2 aliphatic carbocycles. The van der Waals surface area contributed by atoms with Crippen molar-refractivity contribution in [2.45, 2.75) is 83.7 Å². The molecule has 1 N–H and O–H groups in total. The molecule has 0 bridgehead atoms. The minimum Gasteiger partial charge on any atom is -0.491 e. The number of halogens is 2. The number of hydrogen-bond acceptors (Lipinski definition) is 2. The molecule has 3 rings (SSSR count). The summed E-state index contributed by atoms with van der Waals surface area (Å²) in [5.74, 6) is 0.321. The summed E-state index contributed by atoms with van der Waals surface area (Å²) in [6.45, 7) is 4.27. The summed E-state index contributed by atoms with van der Waals surface area (Å²) in [7, 11) is 0. The molecule has 152 valence electrons. The number of hydrogen-bond donors (Lipinski definition) is 1. The van der Waals surface area contributed by atoms with Crippen LogP contribution in [-0.2, 0) is 5.60 Å². The monoisotopic (exact) mass is 380 g/mol. The highest BCUT2D eigenvalue weighted by molar-refractivity contribution is 5.35. The second kappa shape index (κ2) is 8.89. The van der Waals surface area contributed by atoms with Gasteiger partial charge in [-0.05, 0) is 80.9 Å². The van der Waals surface area contributed by atoms with Gasteiger partial charge in [-0.25, -0.2) is 4.39 Å². The maximum absolute atomic E-state index is 14.0. The molecule has 0 aromatic heterocycles. The number of benzene rings is 1. The third kappa shape index (κ3) is 4.64. The first-order valence-corrected chi connectivity index (χ1v) is 10.8. The van der Waals surface area contributed by atoms with Crippen LogP contribution in [0.4, 0.5) is 8.78 Å². The molecule has 0 radical (unpaired) electrons. The van der Waals surface area contributed by atoms with Crippen LogP contribution in [0.25, 0.3) is 0 Å². The zero-order valence-electron chi connectivity index (χ0n) is 16.8. The molecule has 0 heterocycles. The average Bonchev–Trinajstić information content (AvgIpc) is 2.67. The Morgan fingerprint density at radius 1 is 1.00 bits per heavy atom. The molecule has 2 aliphatic rings. The summed E-state index contributed by atoms with van der Waals surface area (Å²) in [5.41, 5.74) is -0.619. The van der Waals surface area contributed by atoms with Gasteiger partial charge in [0.2, 0.25) is 5.82 Å². The largest absolute Gasteiger partial charge is 0.491 e. The molecule has 2 nitrogen and oxygen atoms in total. The lowest BCUT2D eigenvalue weighted by atomic mass is 9.66. The fraction of sp³-hybridized carbons (Fsp3) is 0.739. The predicted molar refractivity (Wildman–Crippen MR) is 104 cm³/mol. The van der Waals surface area contributed by atoms with Gasteiger partial charge in [-0.15, -0.1) is 0 Å². The molecule has 2 saturated carbocycles. The van der Waals surface area contributed by atoms with Gasteiger partial charge in [-0.1, -0.05) is 32.6 Å². The highest BCUT2D eigenvalue weighted by Gasteiger charge is 2.39. The molecule has 2 fully saturated rings. The fourth-order valence-electron chi connectivity index (χ4n) is 5.33. The minimum absolute atomic E-state index is 0.0997. The van der Waals surface area contributed by atoms with Crippen LogP contribution in [0.15, 0.2) is 12.1 Å². The normalized spacial score (nSPS) is 31.7. The van der Waals surface area contributed by atoms with Crippen molar-refractivity contribution >= 4 is 0 Å². The molecule has 27 heavy (non-hydrogen) atoms. The quantitative estimate of drug-likeness (QED) is 0.623. The van der Waals surface area contributed by atoms with E-state index >= 15 is 0 Å². The number of ether oxygens (including phenoxy) is 1. The smallest absolute Gasteiger partial charge is 0.200 e. The van der Waals surface area contributed by atoms with Gasteiger partial charge in [-0.3, -0.25) is 0 Å². The summed E-state index contributed by atoms with van der Waals surface area (Å²) < 4.78 is 33.1. The van der Waals surface area contributed by atoms with Gasteiger partial charge in [-0.2, -0.15) is 4.39 Å². The lowest BCUT2D eigenvalue weighted by Gasteiger charge is -2.41. The third-order valence-corrected chi connectivity index (χ3v) is 6.94. The number of rotatable bonds is 6. The highest BCUT2D eigenvalue weighted by atomic mass is 19.2. The Hall–Kier alpha value is -1.16. The van der Waals surface area contributed by atoms with Crippen molar-refractivity contribution in [2.24, 2.45) is 17.8 Å². The first kappa shape index (κ1) is 20.6. The number of aliphatic hydroxyl groups is 1. The van der Waals surface area contributed by atoms with E-state index in [9.17, 15) is 13.9 Å². The van der Waals surface area contributed by atoms with E-state index < -0.39 is 17.2 Å². The molecular formula is C23H34F2O2. The fourth-order valence-corrected chi connectivity index (χ4v) is 5.33. The predicted octanol–water partition coefficient (Wildman–Crippen LogP) is 6.35. The molecule has 4 heteroatoms. The van der Waals surface area contributed by atoms with Crippen LogP contribution in [-0.4, -0.2) is 11.7 Å². The summed E-state index contributed by atoms with van der Waals surface area (Å²) in [6.07, 6.45) is 11.1. The Bertz CT molecular complexity index is 615. The summed E-state index contributed by atoms with van der Waals surface area (Å²) in [4.78, 5) is 0. The lowest BCUT2D eigenvalue weighted by Crippen LogP contribution is -2.35. The Labute approximate surface area is 162 Å². The van der Waals surface area contributed by atoms with E-state index in [-0.39, 0.29) is 12.4 Å². The molecule has 1 aromatic carbocycles. The highest BCUT2D eigenvalue weighted by Crippen LogP contribution is 2.46. The van der Waals surface area contributed by atoms with Crippen LogP contribution in [0.5, 0.6) is 5.75 Å². The van der Waals surface area contributed by atoms with Crippen LogP contribution < -0.4 is 4.74 Å². The van der Waals surface area contributed by atoms with Crippen molar-refractivity contribution in [2.75, 3.05) is 6.61 Å². The van der Waals surface area contributed by atoms with Crippen LogP contribution in [0.2, 0.25) is 0 Å². The van der Waals surface area contributed by atoms with E-state index in [1.54, 1.807) is 6.92 Å². The Morgan fingerprint density at radius 2 is 1.63 bits per heavy atom.